The molecule has 0 heterocycles. The van der Waals surface area contributed by atoms with Crippen molar-refractivity contribution in [3.05, 3.63) is 60.2 Å². The molecule has 2 rings (SSSR count). The second kappa shape index (κ2) is 11.3. The van der Waals surface area contributed by atoms with Gasteiger partial charge in [0, 0.05) is 31.3 Å². The van der Waals surface area contributed by atoms with Gasteiger partial charge in [-0.15, -0.1) is 0 Å². The normalized spacial score (nSPS) is 12.3. The minimum atomic E-state index is -0.590. The molecule has 0 aromatic heterocycles. The molecule has 0 saturated heterocycles. The third kappa shape index (κ3) is 7.33. The Bertz CT molecular complexity index is 680. The molecule has 0 bridgehead atoms. The van der Waals surface area contributed by atoms with Crippen LogP contribution >= 0.6 is 0 Å². The summed E-state index contributed by atoms with van der Waals surface area (Å²) in [7, 11) is 3.19. The van der Waals surface area contributed by atoms with Crippen LogP contribution in [0, 0.1) is 0 Å². The monoisotopic (exact) mass is 371 g/mol. The van der Waals surface area contributed by atoms with E-state index in [-0.39, 0.29) is 6.61 Å². The number of aliphatic hydroxyl groups excluding tert-OH is 1. The third-order valence-corrected chi connectivity index (χ3v) is 4.16. The van der Waals surface area contributed by atoms with Gasteiger partial charge in [-0.2, -0.15) is 0 Å². The number of methoxy groups -OCH3 is 2. The van der Waals surface area contributed by atoms with Gasteiger partial charge in [0.2, 0.25) is 0 Å². The van der Waals surface area contributed by atoms with Crippen LogP contribution in [-0.2, 0) is 0 Å². The predicted octanol–water partition coefficient (Wildman–Crippen LogP) is 3.48. The molecule has 2 aromatic rings. The minimum Gasteiger partial charge on any atom is -0.496 e. The van der Waals surface area contributed by atoms with Crippen molar-refractivity contribution in [3.8, 4) is 17.2 Å². The fourth-order valence-corrected chi connectivity index (χ4v) is 2.64. The molecule has 0 aliphatic carbocycles. The first-order valence-corrected chi connectivity index (χ1v) is 9.12. The molecule has 146 valence electrons. The van der Waals surface area contributed by atoms with E-state index in [9.17, 15) is 5.11 Å². The maximum atomic E-state index is 10.3. The Morgan fingerprint density at radius 2 is 1.63 bits per heavy atom. The highest BCUT2D eigenvalue weighted by Crippen LogP contribution is 2.27. The molecule has 0 spiro atoms. The first-order chi connectivity index (χ1) is 13.1. The van der Waals surface area contributed by atoms with Crippen LogP contribution in [0.1, 0.15) is 12.5 Å². The summed E-state index contributed by atoms with van der Waals surface area (Å²) in [5.74, 6) is 1.91. The van der Waals surface area contributed by atoms with Crippen LogP contribution in [0.5, 0.6) is 17.2 Å². The molecule has 0 radical (unpaired) electrons. The first kappa shape index (κ1) is 20.8. The molecular formula is C22H29NO4. The Balaban J connectivity index is 1.82. The van der Waals surface area contributed by atoms with E-state index in [4.69, 9.17) is 14.2 Å². The summed E-state index contributed by atoms with van der Waals surface area (Å²) in [6, 6.07) is 15.5. The molecule has 5 heteroatoms. The molecular weight excluding hydrogens is 342 g/mol. The molecule has 1 atom stereocenters. The molecule has 1 N–H and O–H groups in total. The highest BCUT2D eigenvalue weighted by Gasteiger charge is 2.11. The van der Waals surface area contributed by atoms with Gasteiger partial charge < -0.3 is 19.3 Å². The lowest BCUT2D eigenvalue weighted by molar-refractivity contribution is 0.0734. The summed E-state index contributed by atoms with van der Waals surface area (Å²) < 4.78 is 16.2. The van der Waals surface area contributed by atoms with Gasteiger partial charge in [-0.25, -0.2) is 0 Å². The zero-order valence-corrected chi connectivity index (χ0v) is 16.3. The Morgan fingerprint density at radius 1 is 1.00 bits per heavy atom. The van der Waals surface area contributed by atoms with E-state index in [1.54, 1.807) is 32.4 Å². The molecule has 1 unspecified atom stereocenters. The molecule has 0 fully saturated rings. The maximum absolute atomic E-state index is 10.3. The zero-order valence-electron chi connectivity index (χ0n) is 16.3. The topological polar surface area (TPSA) is 51.2 Å². The second-order valence-corrected chi connectivity index (χ2v) is 6.18. The summed E-state index contributed by atoms with van der Waals surface area (Å²) >= 11 is 0. The van der Waals surface area contributed by atoms with Crippen LogP contribution in [0.4, 0.5) is 0 Å². The van der Waals surface area contributed by atoms with E-state index in [0.717, 1.165) is 13.1 Å². The van der Waals surface area contributed by atoms with Crippen LogP contribution < -0.4 is 14.2 Å². The third-order valence-electron chi connectivity index (χ3n) is 4.16. The fourth-order valence-electron chi connectivity index (χ4n) is 2.64. The van der Waals surface area contributed by atoms with Crippen LogP contribution in [0.3, 0.4) is 0 Å². The van der Waals surface area contributed by atoms with Crippen LogP contribution in [0.2, 0.25) is 0 Å². The van der Waals surface area contributed by atoms with Gasteiger partial charge in [0.05, 0.1) is 14.2 Å². The fraction of sp³-hybridized carbons (Fsp3) is 0.364. The van der Waals surface area contributed by atoms with Crippen LogP contribution in [-0.4, -0.2) is 56.6 Å². The molecule has 2 aromatic carbocycles. The molecule has 5 nitrogen and oxygen atoms in total. The van der Waals surface area contributed by atoms with Crippen molar-refractivity contribution < 1.29 is 19.3 Å². The van der Waals surface area contributed by atoms with Crippen molar-refractivity contribution in [2.75, 3.05) is 40.5 Å². The van der Waals surface area contributed by atoms with Crippen LogP contribution in [0.15, 0.2) is 54.6 Å². The van der Waals surface area contributed by atoms with E-state index in [1.807, 2.05) is 18.2 Å². The van der Waals surface area contributed by atoms with Gasteiger partial charge >= 0.3 is 0 Å². The minimum absolute atomic E-state index is 0.204. The summed E-state index contributed by atoms with van der Waals surface area (Å²) in [5.41, 5.74) is 1.17. The highest BCUT2D eigenvalue weighted by molar-refractivity contribution is 5.48. The van der Waals surface area contributed by atoms with Gasteiger partial charge in [0.15, 0.2) is 0 Å². The van der Waals surface area contributed by atoms with Crippen molar-refractivity contribution in [2.45, 2.75) is 13.0 Å². The standard InChI is InChI=1S/C22H29NO4/c1-4-23(12-8-11-18-9-6-5-7-10-18)16-19(24)17-27-22-14-20(25-2)13-21(15-22)26-3/h5-11,13-15,19,24H,4,12,16-17H2,1-3H3/b11-8+. The highest BCUT2D eigenvalue weighted by atomic mass is 16.5. The van der Waals surface area contributed by atoms with Gasteiger partial charge in [-0.3, -0.25) is 4.90 Å². The predicted molar refractivity (Wildman–Crippen MR) is 109 cm³/mol. The largest absolute Gasteiger partial charge is 0.496 e. The average molecular weight is 371 g/mol. The number of hydrogen-bond donors (Lipinski definition) is 1. The Hall–Kier alpha value is -2.50. The number of ether oxygens (including phenoxy) is 3. The van der Waals surface area contributed by atoms with Gasteiger partial charge in [-0.1, -0.05) is 49.4 Å². The van der Waals surface area contributed by atoms with Crippen molar-refractivity contribution in [3.63, 3.8) is 0 Å². The van der Waals surface area contributed by atoms with E-state index < -0.39 is 6.10 Å². The Kier molecular flexibility index (Phi) is 8.68. The first-order valence-electron chi connectivity index (χ1n) is 9.12. The number of benzene rings is 2. The van der Waals surface area contributed by atoms with E-state index in [1.165, 1.54) is 5.56 Å². The lowest BCUT2D eigenvalue weighted by atomic mass is 10.2. The van der Waals surface area contributed by atoms with Gasteiger partial charge in [0.25, 0.3) is 0 Å². The molecule has 0 saturated carbocycles. The lowest BCUT2D eigenvalue weighted by Crippen LogP contribution is -2.35. The number of aliphatic hydroxyl groups is 1. The number of likely N-dealkylation sites (N-methyl/N-ethyl adjacent to an activating group) is 1. The zero-order chi connectivity index (χ0) is 19.5. The Morgan fingerprint density at radius 3 is 2.22 bits per heavy atom. The SMILES string of the molecule is CCN(C/C=C/c1ccccc1)CC(O)COc1cc(OC)cc(OC)c1. The maximum Gasteiger partial charge on any atom is 0.126 e. The molecule has 27 heavy (non-hydrogen) atoms. The quantitative estimate of drug-likeness (QED) is 0.655. The molecule has 0 aliphatic rings. The Labute approximate surface area is 161 Å². The van der Waals surface area contributed by atoms with Crippen LogP contribution in [0.25, 0.3) is 6.08 Å². The van der Waals surface area contributed by atoms with Crippen molar-refractivity contribution in [1.82, 2.24) is 4.90 Å². The lowest BCUT2D eigenvalue weighted by Gasteiger charge is -2.22. The second-order valence-electron chi connectivity index (χ2n) is 6.18. The average Bonchev–Trinajstić information content (AvgIpc) is 2.71. The summed E-state index contributed by atoms with van der Waals surface area (Å²) in [5, 5.41) is 10.3. The van der Waals surface area contributed by atoms with E-state index in [0.29, 0.717) is 23.8 Å². The molecule has 0 aliphatic heterocycles. The smallest absolute Gasteiger partial charge is 0.126 e. The number of nitrogens with zero attached hydrogens (tertiary/aromatic N) is 1. The summed E-state index contributed by atoms with van der Waals surface area (Å²) in [6.07, 6.45) is 3.61. The number of hydrogen-bond acceptors (Lipinski definition) is 5. The number of rotatable bonds is 11. The summed E-state index contributed by atoms with van der Waals surface area (Å²) in [4.78, 5) is 2.17. The van der Waals surface area contributed by atoms with Gasteiger partial charge in [-0.05, 0) is 12.1 Å². The van der Waals surface area contributed by atoms with Crippen molar-refractivity contribution in [2.24, 2.45) is 0 Å². The molecule has 0 amide bonds. The summed E-state index contributed by atoms with van der Waals surface area (Å²) in [6.45, 7) is 4.45. The van der Waals surface area contributed by atoms with Crippen molar-refractivity contribution in [1.29, 1.82) is 0 Å². The van der Waals surface area contributed by atoms with E-state index in [2.05, 4.69) is 36.1 Å². The van der Waals surface area contributed by atoms with E-state index >= 15 is 0 Å². The van der Waals surface area contributed by atoms with Gasteiger partial charge in [0.1, 0.15) is 30.0 Å². The van der Waals surface area contributed by atoms with Crippen molar-refractivity contribution >= 4 is 6.08 Å².